The number of hydrogen-bond acceptors (Lipinski definition) is 4. The van der Waals surface area contributed by atoms with Crippen LogP contribution in [-0.2, 0) is 9.59 Å². The minimum Gasteiger partial charge on any atom is -0.549 e. The predicted octanol–water partition coefficient (Wildman–Crippen LogP) is -6.28. The van der Waals surface area contributed by atoms with Crippen molar-refractivity contribution in [2.24, 2.45) is 11.3 Å². The van der Waals surface area contributed by atoms with Gasteiger partial charge in [0.05, 0.1) is 11.9 Å². The normalized spacial score (nSPS) is 10.4. The summed E-state index contributed by atoms with van der Waals surface area (Å²) in [6.07, 6.45) is 2.44. The predicted molar refractivity (Wildman–Crippen MR) is 51.4 cm³/mol. The number of unbranched alkanes of at least 4 members (excludes halogenated alkanes) is 1. The first-order valence-electron chi connectivity index (χ1n) is 5.16. The molecule has 0 N–H and O–H groups in total. The van der Waals surface area contributed by atoms with Crippen molar-refractivity contribution in [3.05, 3.63) is 0 Å². The molecule has 0 rings (SSSR count). The van der Waals surface area contributed by atoms with Gasteiger partial charge in [-0.25, -0.2) is 0 Å². The van der Waals surface area contributed by atoms with E-state index in [0.29, 0.717) is 6.42 Å². The van der Waals surface area contributed by atoms with E-state index in [1.165, 1.54) is 0 Å². The van der Waals surface area contributed by atoms with E-state index in [1.54, 1.807) is 0 Å². The molecule has 0 aromatic heterocycles. The second-order valence-corrected chi connectivity index (χ2v) is 5.00. The number of hydrogen-bond donors (Lipinski definition) is 0. The van der Waals surface area contributed by atoms with Gasteiger partial charge >= 0.3 is 103 Å². The van der Waals surface area contributed by atoms with Crippen LogP contribution in [0, 0.1) is 11.3 Å². The van der Waals surface area contributed by atoms with Gasteiger partial charge in [0, 0.05) is 5.92 Å². The van der Waals surface area contributed by atoms with Crippen LogP contribution in [0.1, 0.15) is 46.5 Å². The first-order chi connectivity index (χ1) is 6.74. The molecule has 0 saturated carbocycles. The number of carbonyl (C=O) groups excluding carboxylic acids is 2. The van der Waals surface area contributed by atoms with Crippen molar-refractivity contribution in [3.8, 4) is 0 Å². The molecular formula is C11H18K2O4. The Bertz CT molecular complexity index is 222. The first kappa shape index (κ1) is 24.2. The zero-order chi connectivity index (χ0) is 12.1. The summed E-state index contributed by atoms with van der Waals surface area (Å²) in [6.45, 7) is 6.26. The SMILES string of the molecule is CC(C)(C)CCCCC(C(=O)[O-])C(=O)[O-].[K+].[K+]. The first-order valence-corrected chi connectivity index (χ1v) is 5.16. The van der Waals surface area contributed by atoms with E-state index in [2.05, 4.69) is 20.8 Å². The molecule has 0 aliphatic carbocycles. The van der Waals surface area contributed by atoms with Crippen LogP contribution in [0.2, 0.25) is 0 Å². The summed E-state index contributed by atoms with van der Waals surface area (Å²) in [4.78, 5) is 20.8. The van der Waals surface area contributed by atoms with Crippen molar-refractivity contribution in [1.29, 1.82) is 0 Å². The van der Waals surface area contributed by atoms with Crippen molar-refractivity contribution < 1.29 is 123 Å². The summed E-state index contributed by atoms with van der Waals surface area (Å²) in [5.41, 5.74) is 0.193. The van der Waals surface area contributed by atoms with Crippen molar-refractivity contribution in [1.82, 2.24) is 0 Å². The summed E-state index contributed by atoms with van der Waals surface area (Å²) in [6, 6.07) is 0. The minimum atomic E-state index is -1.55. The maximum atomic E-state index is 10.4. The van der Waals surface area contributed by atoms with Crippen LogP contribution in [0.3, 0.4) is 0 Å². The van der Waals surface area contributed by atoms with Crippen molar-refractivity contribution in [2.45, 2.75) is 46.5 Å². The van der Waals surface area contributed by atoms with Crippen molar-refractivity contribution in [3.63, 3.8) is 0 Å². The Morgan fingerprint density at radius 1 is 1.00 bits per heavy atom. The molecule has 6 heteroatoms. The van der Waals surface area contributed by atoms with E-state index in [4.69, 9.17) is 0 Å². The van der Waals surface area contributed by atoms with E-state index in [0.717, 1.165) is 12.8 Å². The molecule has 0 atom stereocenters. The standard InChI is InChI=1S/C11H20O4.2K/c1-11(2,3)7-5-4-6-8(9(12)13)10(14)15;;/h8H,4-7H2,1-3H3,(H,12,13)(H,14,15);;/q;2*+1/p-2. The number of rotatable bonds is 6. The van der Waals surface area contributed by atoms with Gasteiger partial charge in [0.25, 0.3) is 0 Å². The molecule has 0 unspecified atom stereocenters. The monoisotopic (exact) mass is 292 g/mol. The van der Waals surface area contributed by atoms with Crippen LogP contribution in [0.15, 0.2) is 0 Å². The van der Waals surface area contributed by atoms with Gasteiger partial charge in [-0.1, -0.05) is 33.6 Å². The molecule has 4 nitrogen and oxygen atoms in total. The van der Waals surface area contributed by atoms with Crippen LogP contribution >= 0.6 is 0 Å². The van der Waals surface area contributed by atoms with Gasteiger partial charge in [-0.05, 0) is 18.3 Å². The van der Waals surface area contributed by atoms with Gasteiger partial charge in [-0.3, -0.25) is 0 Å². The summed E-state index contributed by atoms with van der Waals surface area (Å²) in [5.74, 6) is -4.57. The van der Waals surface area contributed by atoms with Gasteiger partial charge in [0.15, 0.2) is 0 Å². The molecule has 0 fully saturated rings. The summed E-state index contributed by atoms with van der Waals surface area (Å²) >= 11 is 0. The van der Waals surface area contributed by atoms with Gasteiger partial charge in [-0.15, -0.1) is 0 Å². The average molecular weight is 292 g/mol. The Kier molecular flexibility index (Phi) is 17.1. The zero-order valence-electron chi connectivity index (χ0n) is 11.5. The second-order valence-electron chi connectivity index (χ2n) is 5.00. The molecule has 0 saturated heterocycles. The third-order valence-electron chi connectivity index (χ3n) is 2.24. The Hall–Kier alpha value is 2.21. The topological polar surface area (TPSA) is 80.3 Å². The fourth-order valence-corrected chi connectivity index (χ4v) is 1.34. The molecule has 88 valence electrons. The summed E-state index contributed by atoms with van der Waals surface area (Å²) in [5, 5.41) is 20.8. The molecule has 0 heterocycles. The molecule has 0 bridgehead atoms. The maximum absolute atomic E-state index is 10.4. The molecule has 17 heavy (non-hydrogen) atoms. The van der Waals surface area contributed by atoms with E-state index < -0.39 is 17.9 Å². The molecule has 0 amide bonds. The van der Waals surface area contributed by atoms with Gasteiger partial charge in [0.2, 0.25) is 0 Å². The van der Waals surface area contributed by atoms with E-state index in [1.807, 2.05) is 0 Å². The summed E-state index contributed by atoms with van der Waals surface area (Å²) in [7, 11) is 0. The Morgan fingerprint density at radius 3 is 1.71 bits per heavy atom. The van der Waals surface area contributed by atoms with Gasteiger partial charge in [-0.2, -0.15) is 0 Å². The van der Waals surface area contributed by atoms with Gasteiger partial charge < -0.3 is 19.8 Å². The molecule has 0 aromatic carbocycles. The molecule has 0 aliphatic rings. The molecule has 0 aromatic rings. The summed E-state index contributed by atoms with van der Waals surface area (Å²) < 4.78 is 0. The van der Waals surface area contributed by atoms with Crippen LogP contribution in [0.4, 0.5) is 0 Å². The Labute approximate surface area is 188 Å². The fourth-order valence-electron chi connectivity index (χ4n) is 1.34. The van der Waals surface area contributed by atoms with Crippen LogP contribution < -0.4 is 113 Å². The fraction of sp³-hybridized carbons (Fsp3) is 0.818. The Balaban J connectivity index is -0.000000980. The maximum Gasteiger partial charge on any atom is 1.00 e. The number of carboxylic acids is 2. The van der Waals surface area contributed by atoms with Crippen molar-refractivity contribution in [2.75, 3.05) is 0 Å². The number of aliphatic carboxylic acids is 2. The second kappa shape index (κ2) is 12.0. The largest absolute Gasteiger partial charge is 1.00 e. The molecule has 0 spiro atoms. The Morgan fingerprint density at radius 2 is 1.41 bits per heavy atom. The zero-order valence-corrected chi connectivity index (χ0v) is 17.8. The van der Waals surface area contributed by atoms with Crippen LogP contribution in [0.5, 0.6) is 0 Å². The van der Waals surface area contributed by atoms with Gasteiger partial charge in [0.1, 0.15) is 0 Å². The number of carbonyl (C=O) groups is 2. The van der Waals surface area contributed by atoms with Crippen LogP contribution in [0.25, 0.3) is 0 Å². The molecule has 0 radical (unpaired) electrons. The van der Waals surface area contributed by atoms with E-state index >= 15 is 0 Å². The average Bonchev–Trinajstić information content (AvgIpc) is 2.00. The smallest absolute Gasteiger partial charge is 0.549 e. The number of carboxylic acid groups (broad SMARTS) is 2. The molecule has 0 aliphatic heterocycles. The minimum absolute atomic E-state index is 0. The molecular weight excluding hydrogens is 274 g/mol. The third-order valence-corrected chi connectivity index (χ3v) is 2.24. The third kappa shape index (κ3) is 14.4. The van der Waals surface area contributed by atoms with E-state index in [9.17, 15) is 19.8 Å². The van der Waals surface area contributed by atoms with Crippen molar-refractivity contribution >= 4 is 11.9 Å². The van der Waals surface area contributed by atoms with Crippen LogP contribution in [-0.4, -0.2) is 11.9 Å². The van der Waals surface area contributed by atoms with E-state index in [-0.39, 0.29) is 115 Å². The quantitative estimate of drug-likeness (QED) is 0.277.